The molecule has 0 atom stereocenters. The lowest BCUT2D eigenvalue weighted by Crippen LogP contribution is -2.35. The van der Waals surface area contributed by atoms with Crippen LogP contribution in [-0.4, -0.2) is 69.3 Å². The third-order valence-electron chi connectivity index (χ3n) is 4.14. The molecule has 1 saturated heterocycles. The van der Waals surface area contributed by atoms with E-state index in [1.807, 2.05) is 12.1 Å². The van der Waals surface area contributed by atoms with Crippen molar-refractivity contribution in [2.24, 2.45) is 0 Å². The molecule has 148 valence electrons. The molecule has 1 aliphatic heterocycles. The molecule has 1 heterocycles. The summed E-state index contributed by atoms with van der Waals surface area (Å²) in [5.74, 6) is -1.28. The summed E-state index contributed by atoms with van der Waals surface area (Å²) in [5.41, 5.74) is 1.51. The molecule has 27 heavy (non-hydrogen) atoms. The molecular formula is C19H26N2O6. The van der Waals surface area contributed by atoms with Crippen molar-refractivity contribution in [2.75, 3.05) is 46.6 Å². The number of carbonyl (C=O) groups excluding carboxylic acids is 3. The zero-order chi connectivity index (χ0) is 19.5. The Labute approximate surface area is 158 Å². The van der Waals surface area contributed by atoms with Crippen molar-refractivity contribution in [2.45, 2.75) is 19.4 Å². The van der Waals surface area contributed by atoms with E-state index in [0.717, 1.165) is 38.4 Å². The molecule has 1 aliphatic rings. The molecule has 8 nitrogen and oxygen atoms in total. The number of hydrogen-bond donors (Lipinski definition) is 1. The minimum Gasteiger partial charge on any atom is -0.469 e. The number of benzene rings is 1. The van der Waals surface area contributed by atoms with Crippen molar-refractivity contribution < 1.29 is 28.6 Å². The van der Waals surface area contributed by atoms with Gasteiger partial charge in [0.2, 0.25) is 0 Å². The van der Waals surface area contributed by atoms with Crippen LogP contribution < -0.4 is 5.32 Å². The van der Waals surface area contributed by atoms with Gasteiger partial charge in [0, 0.05) is 32.6 Å². The van der Waals surface area contributed by atoms with Crippen LogP contribution in [0.3, 0.4) is 0 Å². The highest BCUT2D eigenvalue weighted by molar-refractivity contribution is 5.91. The van der Waals surface area contributed by atoms with Gasteiger partial charge in [0.15, 0.2) is 6.61 Å². The van der Waals surface area contributed by atoms with Crippen LogP contribution in [0.15, 0.2) is 24.3 Å². The van der Waals surface area contributed by atoms with Crippen LogP contribution >= 0.6 is 0 Å². The molecule has 0 aliphatic carbocycles. The summed E-state index contributed by atoms with van der Waals surface area (Å²) in [7, 11) is 1.32. The SMILES string of the molecule is COC(=O)CCCNC(=O)COC(=O)c1ccc(CN2CCOCC2)cc1. The predicted molar refractivity (Wildman–Crippen MR) is 97.1 cm³/mol. The number of amides is 1. The summed E-state index contributed by atoms with van der Waals surface area (Å²) in [6.07, 6.45) is 0.699. The third-order valence-corrected chi connectivity index (χ3v) is 4.14. The molecule has 0 spiro atoms. The summed E-state index contributed by atoms with van der Waals surface area (Å²) in [4.78, 5) is 36.9. The van der Waals surface area contributed by atoms with Gasteiger partial charge < -0.3 is 19.5 Å². The zero-order valence-corrected chi connectivity index (χ0v) is 15.6. The first-order valence-corrected chi connectivity index (χ1v) is 8.98. The van der Waals surface area contributed by atoms with Crippen LogP contribution in [-0.2, 0) is 30.3 Å². The molecule has 8 heteroatoms. The first-order valence-electron chi connectivity index (χ1n) is 8.98. The van der Waals surface area contributed by atoms with E-state index in [2.05, 4.69) is 15.0 Å². The Kier molecular flexibility index (Phi) is 8.73. The Morgan fingerprint density at radius 3 is 2.52 bits per heavy atom. The van der Waals surface area contributed by atoms with E-state index in [-0.39, 0.29) is 19.0 Å². The number of ether oxygens (including phenoxy) is 3. The van der Waals surface area contributed by atoms with Gasteiger partial charge in [-0.15, -0.1) is 0 Å². The Hall–Kier alpha value is -2.45. The van der Waals surface area contributed by atoms with E-state index < -0.39 is 11.9 Å². The van der Waals surface area contributed by atoms with Gasteiger partial charge in [0.05, 0.1) is 25.9 Å². The zero-order valence-electron chi connectivity index (χ0n) is 15.6. The first-order chi connectivity index (χ1) is 13.1. The van der Waals surface area contributed by atoms with Gasteiger partial charge >= 0.3 is 11.9 Å². The van der Waals surface area contributed by atoms with Gasteiger partial charge in [-0.2, -0.15) is 0 Å². The lowest BCUT2D eigenvalue weighted by molar-refractivity contribution is -0.140. The second kappa shape index (κ2) is 11.3. The Morgan fingerprint density at radius 1 is 1.15 bits per heavy atom. The normalized spacial score (nSPS) is 14.4. The van der Waals surface area contributed by atoms with Crippen LogP contribution in [0.5, 0.6) is 0 Å². The maximum absolute atomic E-state index is 12.0. The third kappa shape index (κ3) is 7.76. The van der Waals surface area contributed by atoms with Crippen molar-refractivity contribution in [1.29, 1.82) is 0 Å². The molecule has 2 rings (SSSR count). The summed E-state index contributed by atoms with van der Waals surface area (Å²) in [6.45, 7) is 4.07. The minimum absolute atomic E-state index is 0.230. The lowest BCUT2D eigenvalue weighted by atomic mass is 10.1. The van der Waals surface area contributed by atoms with Gasteiger partial charge in [0.25, 0.3) is 5.91 Å². The minimum atomic E-state index is -0.544. The highest BCUT2D eigenvalue weighted by Crippen LogP contribution is 2.10. The summed E-state index contributed by atoms with van der Waals surface area (Å²) >= 11 is 0. The van der Waals surface area contributed by atoms with E-state index in [0.29, 0.717) is 18.5 Å². The molecule has 1 aromatic carbocycles. The summed E-state index contributed by atoms with van der Waals surface area (Å²) < 4.78 is 14.8. The predicted octanol–water partition coefficient (Wildman–Crippen LogP) is 0.745. The average molecular weight is 378 g/mol. The van der Waals surface area contributed by atoms with Crippen LogP contribution in [0.25, 0.3) is 0 Å². The fourth-order valence-electron chi connectivity index (χ4n) is 2.59. The number of esters is 2. The highest BCUT2D eigenvalue weighted by atomic mass is 16.5. The fourth-order valence-corrected chi connectivity index (χ4v) is 2.59. The molecule has 1 aromatic rings. The number of rotatable bonds is 9. The number of morpholine rings is 1. The number of carbonyl (C=O) groups is 3. The molecule has 1 fully saturated rings. The second-order valence-electron chi connectivity index (χ2n) is 6.19. The smallest absolute Gasteiger partial charge is 0.338 e. The standard InChI is InChI=1S/C19H26N2O6/c1-25-18(23)3-2-8-20-17(22)14-27-19(24)16-6-4-15(5-7-16)13-21-9-11-26-12-10-21/h4-7H,2-3,8-14H2,1H3,(H,20,22). The van der Waals surface area contributed by atoms with Gasteiger partial charge in [-0.25, -0.2) is 4.79 Å². The Bertz CT molecular complexity index is 626. The number of methoxy groups -OCH3 is 1. The van der Waals surface area contributed by atoms with Crippen molar-refractivity contribution in [3.8, 4) is 0 Å². The van der Waals surface area contributed by atoms with Crippen molar-refractivity contribution in [3.63, 3.8) is 0 Å². The van der Waals surface area contributed by atoms with Crippen LogP contribution in [0.2, 0.25) is 0 Å². The number of nitrogens with zero attached hydrogens (tertiary/aromatic N) is 1. The molecule has 1 N–H and O–H groups in total. The van der Waals surface area contributed by atoms with E-state index >= 15 is 0 Å². The molecule has 1 amide bonds. The van der Waals surface area contributed by atoms with Crippen LogP contribution in [0.4, 0.5) is 0 Å². The van der Waals surface area contributed by atoms with Crippen molar-refractivity contribution in [3.05, 3.63) is 35.4 Å². The van der Waals surface area contributed by atoms with Crippen LogP contribution in [0.1, 0.15) is 28.8 Å². The van der Waals surface area contributed by atoms with E-state index in [4.69, 9.17) is 9.47 Å². The van der Waals surface area contributed by atoms with E-state index in [9.17, 15) is 14.4 Å². The first kappa shape index (κ1) is 20.9. The van der Waals surface area contributed by atoms with Gasteiger partial charge in [-0.05, 0) is 24.1 Å². The number of hydrogen-bond acceptors (Lipinski definition) is 7. The maximum Gasteiger partial charge on any atom is 0.338 e. The van der Waals surface area contributed by atoms with E-state index in [1.165, 1.54) is 7.11 Å². The Balaban J connectivity index is 1.67. The molecular weight excluding hydrogens is 352 g/mol. The molecule has 0 radical (unpaired) electrons. The van der Waals surface area contributed by atoms with Gasteiger partial charge in [0.1, 0.15) is 0 Å². The summed E-state index contributed by atoms with van der Waals surface area (Å²) in [5, 5.41) is 2.58. The van der Waals surface area contributed by atoms with Crippen LogP contribution in [0, 0.1) is 0 Å². The molecule has 0 saturated carbocycles. The lowest BCUT2D eigenvalue weighted by Gasteiger charge is -2.26. The van der Waals surface area contributed by atoms with Gasteiger partial charge in [-0.1, -0.05) is 12.1 Å². The maximum atomic E-state index is 12.0. The van der Waals surface area contributed by atoms with E-state index in [1.54, 1.807) is 12.1 Å². The topological polar surface area (TPSA) is 94.2 Å². The molecule has 0 aromatic heterocycles. The number of nitrogens with one attached hydrogen (secondary N) is 1. The monoisotopic (exact) mass is 378 g/mol. The average Bonchev–Trinajstić information content (AvgIpc) is 2.70. The summed E-state index contributed by atoms with van der Waals surface area (Å²) in [6, 6.07) is 7.18. The molecule has 0 unspecified atom stereocenters. The van der Waals surface area contributed by atoms with Crippen molar-refractivity contribution >= 4 is 17.8 Å². The van der Waals surface area contributed by atoms with Gasteiger partial charge in [-0.3, -0.25) is 14.5 Å². The quantitative estimate of drug-likeness (QED) is 0.500. The molecule has 0 bridgehead atoms. The largest absolute Gasteiger partial charge is 0.469 e. The highest BCUT2D eigenvalue weighted by Gasteiger charge is 2.13. The fraction of sp³-hybridized carbons (Fsp3) is 0.526. The second-order valence-corrected chi connectivity index (χ2v) is 6.19. The Morgan fingerprint density at radius 2 is 1.85 bits per heavy atom. The van der Waals surface area contributed by atoms with Crippen molar-refractivity contribution in [1.82, 2.24) is 10.2 Å².